The average Bonchev–Trinajstić information content (AvgIpc) is 2.62. The van der Waals surface area contributed by atoms with Gasteiger partial charge in [-0.1, -0.05) is 23.7 Å². The zero-order chi connectivity index (χ0) is 16.8. The second kappa shape index (κ2) is 8.16. The van der Waals surface area contributed by atoms with E-state index in [-0.39, 0.29) is 0 Å². The molecule has 0 unspecified atom stereocenters. The van der Waals surface area contributed by atoms with Crippen molar-refractivity contribution < 1.29 is 9.47 Å². The molecule has 1 aliphatic heterocycles. The Bertz CT molecular complexity index is 719. The van der Waals surface area contributed by atoms with Crippen molar-refractivity contribution in [3.05, 3.63) is 64.2 Å². The van der Waals surface area contributed by atoms with Gasteiger partial charge in [-0.3, -0.25) is 4.90 Å². The van der Waals surface area contributed by atoms with Crippen LogP contribution >= 0.6 is 11.6 Å². The van der Waals surface area contributed by atoms with Crippen molar-refractivity contribution in [3.8, 4) is 11.8 Å². The minimum Gasteiger partial charge on any atom is -0.489 e. The van der Waals surface area contributed by atoms with Gasteiger partial charge in [0.2, 0.25) is 0 Å². The van der Waals surface area contributed by atoms with E-state index in [4.69, 9.17) is 26.3 Å². The lowest BCUT2D eigenvalue weighted by atomic mass is 10.1. The summed E-state index contributed by atoms with van der Waals surface area (Å²) in [6, 6.07) is 15.3. The Morgan fingerprint density at radius 3 is 2.58 bits per heavy atom. The van der Waals surface area contributed by atoms with Crippen molar-refractivity contribution >= 4 is 11.6 Å². The van der Waals surface area contributed by atoms with Crippen LogP contribution in [-0.4, -0.2) is 31.2 Å². The van der Waals surface area contributed by atoms with E-state index in [1.165, 1.54) is 0 Å². The minimum absolute atomic E-state index is 0.462. The van der Waals surface area contributed by atoms with Gasteiger partial charge >= 0.3 is 0 Å². The second-order valence-corrected chi connectivity index (χ2v) is 6.17. The molecular weight excluding hydrogens is 324 g/mol. The van der Waals surface area contributed by atoms with Gasteiger partial charge in [0, 0.05) is 30.2 Å². The molecule has 4 nitrogen and oxygen atoms in total. The van der Waals surface area contributed by atoms with Crippen molar-refractivity contribution in [3.63, 3.8) is 0 Å². The van der Waals surface area contributed by atoms with Crippen LogP contribution in [0.3, 0.4) is 0 Å². The molecule has 0 N–H and O–H groups in total. The fourth-order valence-corrected chi connectivity index (χ4v) is 2.84. The summed E-state index contributed by atoms with van der Waals surface area (Å²) in [5.41, 5.74) is 2.76. The fourth-order valence-electron chi connectivity index (χ4n) is 2.65. The number of hydrogen-bond acceptors (Lipinski definition) is 4. The summed E-state index contributed by atoms with van der Waals surface area (Å²) in [4.78, 5) is 2.34. The third kappa shape index (κ3) is 4.48. The normalized spacial score (nSPS) is 15.0. The molecule has 0 bridgehead atoms. The van der Waals surface area contributed by atoms with Crippen LogP contribution in [0.15, 0.2) is 42.5 Å². The van der Waals surface area contributed by atoms with Gasteiger partial charge in [0.15, 0.2) is 0 Å². The van der Waals surface area contributed by atoms with E-state index >= 15 is 0 Å². The topological polar surface area (TPSA) is 45.5 Å². The summed E-state index contributed by atoms with van der Waals surface area (Å²) in [6.07, 6.45) is 0. The summed E-state index contributed by atoms with van der Waals surface area (Å²) in [6.45, 7) is 4.63. The number of nitriles is 1. The zero-order valence-corrected chi connectivity index (χ0v) is 14.1. The lowest BCUT2D eigenvalue weighted by Crippen LogP contribution is -2.35. The molecule has 24 heavy (non-hydrogen) atoms. The maximum Gasteiger partial charge on any atom is 0.124 e. The molecule has 0 radical (unpaired) electrons. The predicted molar refractivity (Wildman–Crippen MR) is 93.0 cm³/mol. The summed E-state index contributed by atoms with van der Waals surface area (Å²) in [5.74, 6) is 0.843. The molecule has 1 aliphatic rings. The van der Waals surface area contributed by atoms with E-state index in [0.717, 1.165) is 49.7 Å². The smallest absolute Gasteiger partial charge is 0.124 e. The molecule has 1 fully saturated rings. The van der Waals surface area contributed by atoms with E-state index in [1.807, 2.05) is 30.3 Å². The van der Waals surface area contributed by atoms with Gasteiger partial charge in [0.1, 0.15) is 12.4 Å². The van der Waals surface area contributed by atoms with Crippen LogP contribution in [0.2, 0.25) is 5.02 Å². The number of benzene rings is 2. The van der Waals surface area contributed by atoms with Crippen LogP contribution in [0.4, 0.5) is 0 Å². The Morgan fingerprint density at radius 2 is 1.88 bits per heavy atom. The highest BCUT2D eigenvalue weighted by molar-refractivity contribution is 6.30. The summed E-state index contributed by atoms with van der Waals surface area (Å²) in [7, 11) is 0. The monoisotopic (exact) mass is 342 g/mol. The lowest BCUT2D eigenvalue weighted by Gasteiger charge is -2.27. The van der Waals surface area contributed by atoms with Gasteiger partial charge in [-0.05, 0) is 35.9 Å². The van der Waals surface area contributed by atoms with E-state index in [0.29, 0.717) is 17.2 Å². The molecule has 1 saturated heterocycles. The first-order chi connectivity index (χ1) is 11.7. The van der Waals surface area contributed by atoms with E-state index in [2.05, 4.69) is 11.0 Å². The van der Waals surface area contributed by atoms with Crippen LogP contribution in [0.25, 0.3) is 0 Å². The first kappa shape index (κ1) is 16.8. The van der Waals surface area contributed by atoms with Crippen LogP contribution in [-0.2, 0) is 17.9 Å². The molecule has 0 aromatic heterocycles. The Morgan fingerprint density at radius 1 is 1.12 bits per heavy atom. The van der Waals surface area contributed by atoms with Gasteiger partial charge in [-0.15, -0.1) is 0 Å². The lowest BCUT2D eigenvalue weighted by molar-refractivity contribution is 0.0337. The Balaban J connectivity index is 1.68. The van der Waals surface area contributed by atoms with Gasteiger partial charge in [-0.25, -0.2) is 0 Å². The Kier molecular flexibility index (Phi) is 5.71. The third-order valence-electron chi connectivity index (χ3n) is 4.00. The van der Waals surface area contributed by atoms with Crippen LogP contribution in [0.1, 0.15) is 16.7 Å². The first-order valence-electron chi connectivity index (χ1n) is 7.95. The van der Waals surface area contributed by atoms with Gasteiger partial charge in [0.05, 0.1) is 24.8 Å². The molecule has 0 saturated carbocycles. The van der Waals surface area contributed by atoms with Crippen LogP contribution in [0, 0.1) is 11.3 Å². The Hall–Kier alpha value is -2.06. The van der Waals surface area contributed by atoms with Crippen molar-refractivity contribution in [2.45, 2.75) is 13.2 Å². The fraction of sp³-hybridized carbons (Fsp3) is 0.316. The van der Waals surface area contributed by atoms with Crippen molar-refractivity contribution in [1.82, 2.24) is 4.90 Å². The van der Waals surface area contributed by atoms with Crippen molar-refractivity contribution in [2.75, 3.05) is 26.3 Å². The second-order valence-electron chi connectivity index (χ2n) is 5.74. The standard InChI is InChI=1S/C19H19ClN2O2/c20-18-5-6-19(17(11-18)13-22-7-9-23-10-8-22)24-14-16-3-1-15(12-21)2-4-16/h1-6,11H,7-10,13-14H2. The molecule has 5 heteroatoms. The van der Waals surface area contributed by atoms with Gasteiger partial charge in [0.25, 0.3) is 0 Å². The number of halogens is 1. The maximum atomic E-state index is 8.85. The highest BCUT2D eigenvalue weighted by atomic mass is 35.5. The van der Waals surface area contributed by atoms with Crippen LogP contribution in [0.5, 0.6) is 5.75 Å². The molecule has 0 aliphatic carbocycles. The van der Waals surface area contributed by atoms with Crippen molar-refractivity contribution in [2.24, 2.45) is 0 Å². The van der Waals surface area contributed by atoms with E-state index < -0.39 is 0 Å². The molecule has 2 aromatic rings. The van der Waals surface area contributed by atoms with Crippen LogP contribution < -0.4 is 4.74 Å². The molecular formula is C19H19ClN2O2. The predicted octanol–water partition coefficient (Wildman–Crippen LogP) is 3.62. The zero-order valence-electron chi connectivity index (χ0n) is 13.4. The molecule has 0 atom stereocenters. The first-order valence-corrected chi connectivity index (χ1v) is 8.33. The largest absolute Gasteiger partial charge is 0.489 e. The van der Waals surface area contributed by atoms with Crippen molar-refractivity contribution in [1.29, 1.82) is 5.26 Å². The highest BCUT2D eigenvalue weighted by Gasteiger charge is 2.14. The maximum absolute atomic E-state index is 8.85. The quantitative estimate of drug-likeness (QED) is 0.832. The summed E-state index contributed by atoms with van der Waals surface area (Å²) < 4.78 is 11.4. The minimum atomic E-state index is 0.462. The molecule has 0 amide bonds. The van der Waals surface area contributed by atoms with E-state index in [1.54, 1.807) is 12.1 Å². The van der Waals surface area contributed by atoms with Gasteiger partial charge in [-0.2, -0.15) is 5.26 Å². The number of ether oxygens (including phenoxy) is 2. The number of morpholine rings is 1. The third-order valence-corrected chi connectivity index (χ3v) is 4.23. The average molecular weight is 343 g/mol. The van der Waals surface area contributed by atoms with Gasteiger partial charge < -0.3 is 9.47 Å². The molecule has 124 valence electrons. The SMILES string of the molecule is N#Cc1ccc(COc2ccc(Cl)cc2CN2CCOCC2)cc1. The molecule has 2 aromatic carbocycles. The number of nitrogens with zero attached hydrogens (tertiary/aromatic N) is 2. The molecule has 0 spiro atoms. The molecule has 3 rings (SSSR count). The number of hydrogen-bond donors (Lipinski definition) is 0. The Labute approximate surface area is 147 Å². The van der Waals surface area contributed by atoms with E-state index in [9.17, 15) is 0 Å². The highest BCUT2D eigenvalue weighted by Crippen LogP contribution is 2.25. The summed E-state index contributed by atoms with van der Waals surface area (Å²) in [5, 5.41) is 9.56. The number of rotatable bonds is 5. The molecule has 1 heterocycles. The summed E-state index contributed by atoms with van der Waals surface area (Å²) >= 11 is 6.16.